The Morgan fingerprint density at radius 2 is 2.17 bits per heavy atom. The second-order valence-electron chi connectivity index (χ2n) is 5.14. The molecule has 0 atom stereocenters. The van der Waals surface area contributed by atoms with Gasteiger partial charge in [0.15, 0.2) is 0 Å². The summed E-state index contributed by atoms with van der Waals surface area (Å²) in [6.45, 7) is 5.72. The summed E-state index contributed by atoms with van der Waals surface area (Å²) >= 11 is 0. The number of rotatable bonds is 5. The lowest BCUT2D eigenvalue weighted by Crippen LogP contribution is -2.34. The van der Waals surface area contributed by atoms with E-state index in [1.165, 1.54) is 5.56 Å². The molecule has 1 aliphatic rings. The summed E-state index contributed by atoms with van der Waals surface area (Å²) < 4.78 is 11.6. The highest BCUT2D eigenvalue weighted by Crippen LogP contribution is 2.18. The van der Waals surface area contributed by atoms with Gasteiger partial charge in [-0.15, -0.1) is 0 Å². The Kier molecular flexibility index (Phi) is 4.80. The molecule has 1 aromatic rings. The van der Waals surface area contributed by atoms with Gasteiger partial charge in [0, 0.05) is 25.2 Å². The van der Waals surface area contributed by atoms with Crippen molar-refractivity contribution >= 4 is 0 Å². The number of ether oxygens (including phenoxy) is 1. The SMILES string of the molecule is CNCc1cc(COC2CCN(C)CC2)oc1C. The van der Waals surface area contributed by atoms with Crippen LogP contribution in [0.15, 0.2) is 10.5 Å². The first-order chi connectivity index (χ1) is 8.69. The highest BCUT2D eigenvalue weighted by Gasteiger charge is 2.17. The number of nitrogens with one attached hydrogen (secondary N) is 1. The van der Waals surface area contributed by atoms with Crippen LogP contribution in [0.25, 0.3) is 0 Å². The lowest BCUT2D eigenvalue weighted by Gasteiger charge is -2.28. The number of hydrogen-bond acceptors (Lipinski definition) is 4. The lowest BCUT2D eigenvalue weighted by molar-refractivity contribution is -0.00500. The zero-order valence-electron chi connectivity index (χ0n) is 11.7. The maximum Gasteiger partial charge on any atom is 0.130 e. The van der Waals surface area contributed by atoms with E-state index in [9.17, 15) is 0 Å². The molecule has 1 aliphatic heterocycles. The summed E-state index contributed by atoms with van der Waals surface area (Å²) in [5, 5.41) is 3.14. The molecule has 0 bridgehead atoms. The van der Waals surface area contributed by atoms with Gasteiger partial charge in [-0.2, -0.15) is 0 Å². The van der Waals surface area contributed by atoms with Crippen molar-refractivity contribution in [3.63, 3.8) is 0 Å². The van der Waals surface area contributed by atoms with Gasteiger partial charge in [0.05, 0.1) is 6.10 Å². The van der Waals surface area contributed by atoms with E-state index < -0.39 is 0 Å². The van der Waals surface area contributed by atoms with Crippen molar-refractivity contribution in [2.24, 2.45) is 0 Å². The molecule has 0 saturated carbocycles. The molecule has 18 heavy (non-hydrogen) atoms. The summed E-state index contributed by atoms with van der Waals surface area (Å²) in [5.74, 6) is 1.93. The Hall–Kier alpha value is -0.840. The number of hydrogen-bond donors (Lipinski definition) is 1. The van der Waals surface area contributed by atoms with Crippen LogP contribution in [-0.2, 0) is 17.9 Å². The number of furan rings is 1. The van der Waals surface area contributed by atoms with Gasteiger partial charge < -0.3 is 19.4 Å². The van der Waals surface area contributed by atoms with Crippen LogP contribution < -0.4 is 5.32 Å². The van der Waals surface area contributed by atoms with Crippen LogP contribution in [0.1, 0.15) is 29.9 Å². The van der Waals surface area contributed by atoms with Crippen LogP contribution >= 0.6 is 0 Å². The third-order valence-electron chi connectivity index (χ3n) is 3.57. The monoisotopic (exact) mass is 252 g/mol. The van der Waals surface area contributed by atoms with Gasteiger partial charge in [-0.3, -0.25) is 0 Å². The summed E-state index contributed by atoms with van der Waals surface area (Å²) in [4.78, 5) is 2.35. The summed E-state index contributed by atoms with van der Waals surface area (Å²) in [6, 6.07) is 2.10. The maximum atomic E-state index is 5.92. The first-order valence-electron chi connectivity index (χ1n) is 6.72. The van der Waals surface area contributed by atoms with E-state index >= 15 is 0 Å². The Labute approximate surface area is 109 Å². The second kappa shape index (κ2) is 6.36. The second-order valence-corrected chi connectivity index (χ2v) is 5.14. The number of nitrogens with zero attached hydrogens (tertiary/aromatic N) is 1. The number of likely N-dealkylation sites (tertiary alicyclic amines) is 1. The Morgan fingerprint density at radius 1 is 1.44 bits per heavy atom. The molecule has 0 aliphatic carbocycles. The highest BCUT2D eigenvalue weighted by molar-refractivity contribution is 5.20. The Morgan fingerprint density at radius 3 is 2.83 bits per heavy atom. The summed E-state index contributed by atoms with van der Waals surface area (Å²) in [5.41, 5.74) is 1.22. The molecule has 4 nitrogen and oxygen atoms in total. The average molecular weight is 252 g/mol. The molecule has 0 radical (unpaired) electrons. The van der Waals surface area contributed by atoms with E-state index in [-0.39, 0.29) is 0 Å². The molecule has 0 unspecified atom stereocenters. The van der Waals surface area contributed by atoms with Gasteiger partial charge in [-0.25, -0.2) is 0 Å². The minimum Gasteiger partial charge on any atom is -0.464 e. The lowest BCUT2D eigenvalue weighted by atomic mass is 10.1. The molecule has 2 heterocycles. The van der Waals surface area contributed by atoms with Crippen molar-refractivity contribution in [3.05, 3.63) is 23.2 Å². The van der Waals surface area contributed by atoms with E-state index in [1.807, 2.05) is 14.0 Å². The predicted octanol–water partition coefficient (Wildman–Crippen LogP) is 1.92. The van der Waals surface area contributed by atoms with Gasteiger partial charge >= 0.3 is 0 Å². The first kappa shape index (κ1) is 13.6. The van der Waals surface area contributed by atoms with Crippen LogP contribution in [0.5, 0.6) is 0 Å². The Bertz CT molecular complexity index is 368. The molecule has 102 valence electrons. The molecular formula is C14H24N2O2. The van der Waals surface area contributed by atoms with Crippen molar-refractivity contribution in [3.8, 4) is 0 Å². The molecule has 0 spiro atoms. The van der Waals surface area contributed by atoms with Gasteiger partial charge in [0.25, 0.3) is 0 Å². The fourth-order valence-electron chi connectivity index (χ4n) is 2.38. The van der Waals surface area contributed by atoms with E-state index in [0.29, 0.717) is 12.7 Å². The molecule has 1 N–H and O–H groups in total. The highest BCUT2D eigenvalue weighted by atomic mass is 16.5. The largest absolute Gasteiger partial charge is 0.464 e. The van der Waals surface area contributed by atoms with Crippen LogP contribution in [0.2, 0.25) is 0 Å². The van der Waals surface area contributed by atoms with E-state index in [2.05, 4.69) is 23.3 Å². The van der Waals surface area contributed by atoms with Crippen molar-refractivity contribution in [1.29, 1.82) is 0 Å². The third kappa shape index (κ3) is 3.57. The minimum atomic E-state index is 0.388. The topological polar surface area (TPSA) is 37.6 Å². The molecule has 0 amide bonds. The Balaban J connectivity index is 1.81. The molecule has 1 aromatic heterocycles. The van der Waals surface area contributed by atoms with Gasteiger partial charge in [-0.05, 0) is 39.9 Å². The summed E-state index contributed by atoms with van der Waals surface area (Å²) in [6.07, 6.45) is 2.64. The molecule has 1 fully saturated rings. The quantitative estimate of drug-likeness (QED) is 0.869. The molecule has 0 aromatic carbocycles. The third-order valence-corrected chi connectivity index (χ3v) is 3.57. The normalized spacial score (nSPS) is 18.4. The zero-order chi connectivity index (χ0) is 13.0. The predicted molar refractivity (Wildman–Crippen MR) is 71.5 cm³/mol. The van der Waals surface area contributed by atoms with E-state index in [1.54, 1.807) is 0 Å². The van der Waals surface area contributed by atoms with Crippen LogP contribution in [0.4, 0.5) is 0 Å². The number of piperidine rings is 1. The van der Waals surface area contributed by atoms with E-state index in [0.717, 1.165) is 44.0 Å². The van der Waals surface area contributed by atoms with Crippen molar-refractivity contribution < 1.29 is 9.15 Å². The van der Waals surface area contributed by atoms with E-state index in [4.69, 9.17) is 9.15 Å². The smallest absolute Gasteiger partial charge is 0.130 e. The average Bonchev–Trinajstić information content (AvgIpc) is 2.70. The van der Waals surface area contributed by atoms with Gasteiger partial charge in [0.1, 0.15) is 18.1 Å². The van der Waals surface area contributed by atoms with Crippen molar-refractivity contribution in [1.82, 2.24) is 10.2 Å². The van der Waals surface area contributed by atoms with Gasteiger partial charge in [-0.1, -0.05) is 0 Å². The fraction of sp³-hybridized carbons (Fsp3) is 0.714. The maximum absolute atomic E-state index is 5.92. The molecular weight excluding hydrogens is 228 g/mol. The van der Waals surface area contributed by atoms with Gasteiger partial charge in [0.2, 0.25) is 0 Å². The first-order valence-corrected chi connectivity index (χ1v) is 6.72. The van der Waals surface area contributed by atoms with Crippen molar-refractivity contribution in [2.75, 3.05) is 27.2 Å². The molecule has 2 rings (SSSR count). The minimum absolute atomic E-state index is 0.388. The van der Waals surface area contributed by atoms with Crippen LogP contribution in [-0.4, -0.2) is 38.2 Å². The van der Waals surface area contributed by atoms with Crippen LogP contribution in [0, 0.1) is 6.92 Å². The molecule has 4 heteroatoms. The zero-order valence-corrected chi connectivity index (χ0v) is 11.7. The van der Waals surface area contributed by atoms with Crippen molar-refractivity contribution in [2.45, 2.75) is 39.0 Å². The van der Waals surface area contributed by atoms with Crippen LogP contribution in [0.3, 0.4) is 0 Å². The fourth-order valence-corrected chi connectivity index (χ4v) is 2.38. The number of aryl methyl sites for hydroxylation is 1. The summed E-state index contributed by atoms with van der Waals surface area (Å²) in [7, 11) is 4.11. The standard InChI is InChI=1S/C14H24N2O2/c1-11-12(9-15-2)8-14(18-11)10-17-13-4-6-16(3)7-5-13/h8,13,15H,4-7,9-10H2,1-3H3. The molecule has 1 saturated heterocycles.